The van der Waals surface area contributed by atoms with E-state index in [1.165, 1.54) is 19.1 Å². The molecule has 32 heavy (non-hydrogen) atoms. The highest BCUT2D eigenvalue weighted by atomic mass is 19.4. The van der Waals surface area contributed by atoms with Crippen LogP contribution in [-0.4, -0.2) is 17.2 Å². The lowest BCUT2D eigenvalue weighted by Crippen LogP contribution is -2.26. The van der Waals surface area contributed by atoms with E-state index in [4.69, 9.17) is 4.74 Å². The highest BCUT2D eigenvalue weighted by Crippen LogP contribution is 2.44. The van der Waals surface area contributed by atoms with E-state index in [0.717, 1.165) is 12.1 Å². The molecule has 0 amide bonds. The van der Waals surface area contributed by atoms with Crippen molar-refractivity contribution < 1.29 is 45.4 Å². The molecule has 1 aliphatic rings. The summed E-state index contributed by atoms with van der Waals surface area (Å²) < 4.78 is 98.1. The second kappa shape index (κ2) is 8.73. The number of halogens is 7. The first-order chi connectivity index (χ1) is 14.8. The first-order valence-electron chi connectivity index (χ1n) is 9.70. The van der Waals surface area contributed by atoms with Crippen LogP contribution < -0.4 is 0 Å². The maximum atomic E-state index is 13.3. The fraction of sp³-hybridized carbons (Fsp3) is 0.409. The molecule has 3 unspecified atom stereocenters. The average molecular weight is 464 g/mol. The van der Waals surface area contributed by atoms with Gasteiger partial charge in [0.25, 0.3) is 0 Å². The third-order valence-corrected chi connectivity index (χ3v) is 5.63. The van der Waals surface area contributed by atoms with Gasteiger partial charge in [-0.3, -0.25) is 4.79 Å². The van der Waals surface area contributed by atoms with E-state index in [9.17, 15) is 40.6 Å². The molecule has 4 atom stereocenters. The zero-order chi connectivity index (χ0) is 23.8. The predicted octanol–water partition coefficient (Wildman–Crippen LogP) is 6.59. The molecular weight excluding hydrogens is 445 g/mol. The van der Waals surface area contributed by atoms with Gasteiger partial charge in [-0.15, -0.1) is 0 Å². The smallest absolute Gasteiger partial charge is 0.416 e. The summed E-state index contributed by atoms with van der Waals surface area (Å²) in [6, 6.07) is 6.31. The summed E-state index contributed by atoms with van der Waals surface area (Å²) >= 11 is 0. The van der Waals surface area contributed by atoms with Crippen LogP contribution in [0.4, 0.5) is 30.7 Å². The molecule has 0 radical (unpaired) electrons. The summed E-state index contributed by atoms with van der Waals surface area (Å²) in [5.41, 5.74) is -2.78. The number of carboxylic acid groups (broad SMARTS) is 1. The molecule has 0 aromatic heterocycles. The summed E-state index contributed by atoms with van der Waals surface area (Å²) in [5, 5.41) is 9.54. The summed E-state index contributed by atoms with van der Waals surface area (Å²) in [6.07, 6.45) is -11.5. The van der Waals surface area contributed by atoms with Gasteiger partial charge in [0.2, 0.25) is 0 Å². The fourth-order valence-corrected chi connectivity index (χ4v) is 4.08. The third kappa shape index (κ3) is 5.23. The van der Waals surface area contributed by atoms with Crippen molar-refractivity contribution in [1.29, 1.82) is 0 Å². The maximum Gasteiger partial charge on any atom is 0.416 e. The van der Waals surface area contributed by atoms with E-state index in [0.29, 0.717) is 17.7 Å². The molecule has 2 aromatic rings. The molecule has 3 nitrogen and oxygen atoms in total. The number of aliphatic carboxylic acids is 1. The lowest BCUT2D eigenvalue weighted by Gasteiger charge is -2.27. The largest absolute Gasteiger partial charge is 0.481 e. The number of carboxylic acids is 1. The number of carbonyl (C=O) groups is 1. The topological polar surface area (TPSA) is 46.5 Å². The van der Waals surface area contributed by atoms with E-state index >= 15 is 0 Å². The van der Waals surface area contributed by atoms with Crippen LogP contribution in [0, 0.1) is 11.7 Å². The van der Waals surface area contributed by atoms with Crippen LogP contribution in [0.1, 0.15) is 54.0 Å². The summed E-state index contributed by atoms with van der Waals surface area (Å²) in [7, 11) is 0. The van der Waals surface area contributed by atoms with Gasteiger partial charge in [0.05, 0.1) is 29.3 Å². The van der Waals surface area contributed by atoms with E-state index < -0.39 is 59.3 Å². The monoisotopic (exact) mass is 464 g/mol. The van der Waals surface area contributed by atoms with Gasteiger partial charge < -0.3 is 9.84 Å². The van der Waals surface area contributed by atoms with E-state index in [-0.39, 0.29) is 24.5 Å². The Kier molecular flexibility index (Phi) is 6.55. The van der Waals surface area contributed by atoms with E-state index in [1.807, 2.05) is 0 Å². The Labute approximate surface area is 178 Å². The van der Waals surface area contributed by atoms with Crippen LogP contribution in [-0.2, 0) is 21.9 Å². The standard InChI is InChI=1S/C22H19F7O3/c1-11(13-8-14(21(24,25)26)10-15(9-13)22(27,28)29)32-18-7-6-17(20(30)31)19(18)12-2-4-16(23)5-3-12/h2-5,8-11,17-19H,6-7H2,1H3,(H,30,31)/t11-,17?,18?,19?/m1/s1. The Morgan fingerprint density at radius 2 is 1.50 bits per heavy atom. The Bertz CT molecular complexity index is 935. The van der Waals surface area contributed by atoms with Crippen molar-refractivity contribution in [2.24, 2.45) is 5.92 Å². The molecule has 0 saturated heterocycles. The highest BCUT2D eigenvalue weighted by molar-refractivity contribution is 5.72. The van der Waals surface area contributed by atoms with Gasteiger partial charge in [0.1, 0.15) is 5.82 Å². The van der Waals surface area contributed by atoms with Gasteiger partial charge in [-0.05, 0) is 61.2 Å². The zero-order valence-electron chi connectivity index (χ0n) is 16.7. The Hall–Kier alpha value is -2.62. The quantitative estimate of drug-likeness (QED) is 0.508. The van der Waals surface area contributed by atoms with Crippen LogP contribution in [0.5, 0.6) is 0 Å². The number of hydrogen-bond acceptors (Lipinski definition) is 2. The van der Waals surface area contributed by atoms with E-state index in [1.54, 1.807) is 0 Å². The fourth-order valence-electron chi connectivity index (χ4n) is 4.08. The van der Waals surface area contributed by atoms with Gasteiger partial charge >= 0.3 is 18.3 Å². The number of rotatable bonds is 5. The third-order valence-electron chi connectivity index (χ3n) is 5.63. The highest BCUT2D eigenvalue weighted by Gasteiger charge is 2.43. The molecule has 0 aliphatic heterocycles. The van der Waals surface area contributed by atoms with E-state index in [2.05, 4.69) is 0 Å². The second-order valence-corrected chi connectivity index (χ2v) is 7.76. The van der Waals surface area contributed by atoms with Crippen LogP contribution in [0.25, 0.3) is 0 Å². The van der Waals surface area contributed by atoms with Crippen molar-refractivity contribution in [1.82, 2.24) is 0 Å². The number of benzene rings is 2. The molecule has 1 fully saturated rings. The molecule has 0 heterocycles. The molecule has 1 saturated carbocycles. The molecule has 174 valence electrons. The van der Waals surface area contributed by atoms with Crippen molar-refractivity contribution in [2.45, 2.75) is 50.2 Å². The van der Waals surface area contributed by atoms with Crippen molar-refractivity contribution in [3.8, 4) is 0 Å². The molecular formula is C22H19F7O3. The molecule has 0 bridgehead atoms. The second-order valence-electron chi connectivity index (χ2n) is 7.76. The van der Waals surface area contributed by atoms with Gasteiger partial charge in [0.15, 0.2) is 0 Å². The van der Waals surface area contributed by atoms with Crippen LogP contribution in [0.3, 0.4) is 0 Å². The van der Waals surface area contributed by atoms with Crippen molar-refractivity contribution in [2.75, 3.05) is 0 Å². The summed E-state index contributed by atoms with van der Waals surface area (Å²) in [5.74, 6) is -3.27. The SMILES string of the molecule is C[C@@H](OC1CCC(C(=O)O)C1c1ccc(F)cc1)c1cc(C(F)(F)F)cc(C(F)(F)F)c1. The lowest BCUT2D eigenvalue weighted by atomic mass is 9.87. The van der Waals surface area contributed by atoms with Crippen LogP contribution in [0.15, 0.2) is 42.5 Å². The molecule has 2 aromatic carbocycles. The Balaban J connectivity index is 1.93. The maximum absolute atomic E-state index is 13.3. The summed E-state index contributed by atoms with van der Waals surface area (Å²) in [4.78, 5) is 11.7. The minimum atomic E-state index is -4.99. The van der Waals surface area contributed by atoms with Gasteiger partial charge in [-0.1, -0.05) is 12.1 Å². The Morgan fingerprint density at radius 3 is 1.97 bits per heavy atom. The first-order valence-corrected chi connectivity index (χ1v) is 9.70. The summed E-state index contributed by atoms with van der Waals surface area (Å²) in [6.45, 7) is 1.31. The van der Waals surface area contributed by atoms with Gasteiger partial charge in [-0.2, -0.15) is 26.3 Å². The number of ether oxygens (including phenoxy) is 1. The molecule has 1 aliphatic carbocycles. The van der Waals surface area contributed by atoms with Gasteiger partial charge in [-0.25, -0.2) is 4.39 Å². The number of hydrogen-bond donors (Lipinski definition) is 1. The van der Waals surface area contributed by atoms with Crippen LogP contribution in [0.2, 0.25) is 0 Å². The van der Waals surface area contributed by atoms with Crippen molar-refractivity contribution in [3.63, 3.8) is 0 Å². The van der Waals surface area contributed by atoms with Crippen molar-refractivity contribution >= 4 is 5.97 Å². The normalized spacial score (nSPS) is 22.7. The minimum absolute atomic E-state index is 0.0353. The Morgan fingerprint density at radius 1 is 0.969 bits per heavy atom. The average Bonchev–Trinajstić information content (AvgIpc) is 3.10. The molecule has 3 rings (SSSR count). The molecule has 1 N–H and O–H groups in total. The zero-order valence-corrected chi connectivity index (χ0v) is 16.7. The van der Waals surface area contributed by atoms with Crippen molar-refractivity contribution in [3.05, 3.63) is 70.5 Å². The first kappa shape index (κ1) is 24.0. The molecule has 0 spiro atoms. The van der Waals surface area contributed by atoms with Gasteiger partial charge in [0, 0.05) is 5.92 Å². The number of alkyl halides is 6. The predicted molar refractivity (Wildman–Crippen MR) is 99.2 cm³/mol. The molecule has 10 heteroatoms. The minimum Gasteiger partial charge on any atom is -0.481 e. The lowest BCUT2D eigenvalue weighted by molar-refractivity contribution is -0.144. The van der Waals surface area contributed by atoms with Crippen LogP contribution >= 0.6 is 0 Å².